The molecule has 0 N–H and O–H groups in total. The maximum atomic E-state index is 12.9. The Bertz CT molecular complexity index is 1160. The van der Waals surface area contributed by atoms with Crippen molar-refractivity contribution >= 4 is 17.9 Å². The second-order valence-corrected chi connectivity index (χ2v) is 20.6. The van der Waals surface area contributed by atoms with Crippen molar-refractivity contribution in [1.82, 2.24) is 0 Å². The van der Waals surface area contributed by atoms with Gasteiger partial charge >= 0.3 is 17.9 Å². The van der Waals surface area contributed by atoms with Gasteiger partial charge in [0, 0.05) is 19.3 Å². The Morgan fingerprint density at radius 1 is 0.290 bits per heavy atom. The van der Waals surface area contributed by atoms with Gasteiger partial charge in [-0.05, 0) is 77.0 Å². The zero-order valence-corrected chi connectivity index (χ0v) is 46.3. The highest BCUT2D eigenvalue weighted by molar-refractivity contribution is 5.71. The van der Waals surface area contributed by atoms with Crippen molar-refractivity contribution in [1.29, 1.82) is 0 Å². The molecule has 69 heavy (non-hydrogen) atoms. The number of carbonyl (C=O) groups is 3. The fourth-order valence-electron chi connectivity index (χ4n) is 9.00. The molecule has 0 heterocycles. The van der Waals surface area contributed by atoms with Gasteiger partial charge in [0.05, 0.1) is 0 Å². The maximum Gasteiger partial charge on any atom is 0.306 e. The molecule has 6 nitrogen and oxygen atoms in total. The van der Waals surface area contributed by atoms with Crippen molar-refractivity contribution in [3.8, 4) is 0 Å². The summed E-state index contributed by atoms with van der Waals surface area (Å²) in [6, 6.07) is 0. The van der Waals surface area contributed by atoms with E-state index in [1.807, 2.05) is 0 Å². The Labute approximate surface area is 429 Å². The minimum atomic E-state index is -0.774. The van der Waals surface area contributed by atoms with Gasteiger partial charge in [0.2, 0.25) is 0 Å². The van der Waals surface area contributed by atoms with Crippen LogP contribution in [0.3, 0.4) is 0 Å². The van der Waals surface area contributed by atoms with Crippen molar-refractivity contribution in [2.75, 3.05) is 13.2 Å². The summed E-state index contributed by atoms with van der Waals surface area (Å²) >= 11 is 0. The van der Waals surface area contributed by atoms with Gasteiger partial charge in [-0.1, -0.05) is 269 Å². The maximum absolute atomic E-state index is 12.9. The van der Waals surface area contributed by atoms with Crippen molar-refractivity contribution in [2.24, 2.45) is 0 Å². The fraction of sp³-hybridized carbons (Fsp3) is 0.857. The van der Waals surface area contributed by atoms with Crippen LogP contribution in [0.4, 0.5) is 0 Å². The average Bonchev–Trinajstić information content (AvgIpc) is 3.35. The molecular formula is C63H116O6. The Hall–Kier alpha value is -2.37. The molecule has 0 fully saturated rings. The summed E-state index contributed by atoms with van der Waals surface area (Å²) in [6.45, 7) is 6.65. The number of unbranched alkanes of at least 4 members (excludes halogenated alkanes) is 39. The van der Waals surface area contributed by atoms with E-state index < -0.39 is 6.10 Å². The van der Waals surface area contributed by atoms with Gasteiger partial charge < -0.3 is 14.2 Å². The number of ether oxygens (including phenoxy) is 3. The Morgan fingerprint density at radius 2 is 0.522 bits per heavy atom. The molecule has 0 aromatic rings. The molecule has 0 radical (unpaired) electrons. The number of hydrogen-bond acceptors (Lipinski definition) is 6. The van der Waals surface area contributed by atoms with E-state index in [1.54, 1.807) is 0 Å². The van der Waals surface area contributed by atoms with E-state index >= 15 is 0 Å². The quantitative estimate of drug-likeness (QED) is 0.0261. The van der Waals surface area contributed by atoms with Gasteiger partial charge in [-0.15, -0.1) is 0 Å². The third kappa shape index (κ3) is 56.4. The number of carbonyl (C=O) groups excluding carboxylic acids is 3. The summed E-state index contributed by atoms with van der Waals surface area (Å²) in [4.78, 5) is 38.2. The monoisotopic (exact) mass is 969 g/mol. The summed E-state index contributed by atoms with van der Waals surface area (Å²) in [6.07, 6.45) is 69.9. The molecule has 0 aliphatic rings. The van der Waals surface area contributed by atoms with Crippen LogP contribution in [0.1, 0.15) is 329 Å². The summed E-state index contributed by atoms with van der Waals surface area (Å²) in [5.41, 5.74) is 0. The lowest BCUT2D eigenvalue weighted by Crippen LogP contribution is -2.30. The molecule has 0 aromatic carbocycles. The topological polar surface area (TPSA) is 78.9 Å². The highest BCUT2D eigenvalue weighted by atomic mass is 16.6. The third-order valence-electron chi connectivity index (χ3n) is 13.6. The summed E-state index contributed by atoms with van der Waals surface area (Å²) < 4.78 is 16.9. The van der Waals surface area contributed by atoms with Crippen molar-refractivity contribution in [3.05, 3.63) is 36.5 Å². The van der Waals surface area contributed by atoms with Crippen LogP contribution in [0.5, 0.6) is 0 Å². The van der Waals surface area contributed by atoms with Gasteiger partial charge in [-0.3, -0.25) is 14.4 Å². The molecule has 0 saturated carbocycles. The first-order valence-corrected chi connectivity index (χ1v) is 30.5. The third-order valence-corrected chi connectivity index (χ3v) is 13.6. The second-order valence-electron chi connectivity index (χ2n) is 20.6. The van der Waals surface area contributed by atoms with E-state index in [0.717, 1.165) is 70.6 Å². The zero-order valence-electron chi connectivity index (χ0n) is 46.3. The molecule has 0 spiro atoms. The number of hydrogen-bond donors (Lipinski definition) is 0. The molecule has 0 bridgehead atoms. The Morgan fingerprint density at radius 3 is 0.826 bits per heavy atom. The molecular weight excluding hydrogens is 853 g/mol. The zero-order chi connectivity index (χ0) is 50.0. The van der Waals surface area contributed by atoms with E-state index in [4.69, 9.17) is 14.2 Å². The van der Waals surface area contributed by atoms with Gasteiger partial charge in [-0.25, -0.2) is 0 Å². The first kappa shape index (κ1) is 66.6. The summed E-state index contributed by atoms with van der Waals surface area (Å²) in [7, 11) is 0. The first-order chi connectivity index (χ1) is 34.0. The minimum absolute atomic E-state index is 0.0732. The predicted octanol–water partition coefficient (Wildman–Crippen LogP) is 20.4. The van der Waals surface area contributed by atoms with Crippen LogP contribution in [0.15, 0.2) is 36.5 Å². The largest absolute Gasteiger partial charge is 0.462 e. The van der Waals surface area contributed by atoms with Crippen molar-refractivity contribution in [2.45, 2.75) is 335 Å². The fourth-order valence-corrected chi connectivity index (χ4v) is 9.00. The molecule has 1 atom stereocenters. The number of allylic oxidation sites excluding steroid dienone is 6. The molecule has 6 heteroatoms. The van der Waals surface area contributed by atoms with Crippen LogP contribution >= 0.6 is 0 Å². The van der Waals surface area contributed by atoms with Crippen LogP contribution in [0, 0.1) is 0 Å². The molecule has 0 saturated heterocycles. The molecule has 404 valence electrons. The lowest BCUT2D eigenvalue weighted by molar-refractivity contribution is -0.167. The minimum Gasteiger partial charge on any atom is -0.462 e. The van der Waals surface area contributed by atoms with Crippen LogP contribution in [0.2, 0.25) is 0 Å². The van der Waals surface area contributed by atoms with E-state index in [9.17, 15) is 14.4 Å². The molecule has 0 rings (SSSR count). The smallest absolute Gasteiger partial charge is 0.306 e. The second kappa shape index (κ2) is 58.2. The standard InChI is InChI=1S/C63H116O6/c1-4-7-10-13-16-19-22-25-27-29-30-31-32-34-35-38-41-44-47-50-53-56-62(65)68-59-60(58-67-61(64)55-52-49-46-43-40-37-24-21-18-15-12-9-6-3)69-63(66)57-54-51-48-45-42-39-36-33-28-26-23-20-17-14-11-8-5-2/h21-22,24-25,29-30,60H,4-20,23,26-28,31-59H2,1-3H3/b24-21-,25-22-,30-29-. The molecule has 0 aromatic heterocycles. The van der Waals surface area contributed by atoms with E-state index in [1.165, 1.54) is 218 Å². The molecule has 0 aliphatic heterocycles. The lowest BCUT2D eigenvalue weighted by atomic mass is 10.0. The van der Waals surface area contributed by atoms with E-state index in [-0.39, 0.29) is 31.1 Å². The summed E-state index contributed by atoms with van der Waals surface area (Å²) in [5, 5.41) is 0. The Kier molecular flexibility index (Phi) is 56.2. The predicted molar refractivity (Wildman–Crippen MR) is 298 cm³/mol. The molecule has 0 amide bonds. The van der Waals surface area contributed by atoms with Gasteiger partial charge in [0.1, 0.15) is 13.2 Å². The van der Waals surface area contributed by atoms with E-state index in [0.29, 0.717) is 19.3 Å². The normalized spacial score (nSPS) is 12.2. The van der Waals surface area contributed by atoms with E-state index in [2.05, 4.69) is 57.2 Å². The highest BCUT2D eigenvalue weighted by Crippen LogP contribution is 2.17. The van der Waals surface area contributed by atoms with Gasteiger partial charge in [0.15, 0.2) is 6.10 Å². The highest BCUT2D eigenvalue weighted by Gasteiger charge is 2.19. The first-order valence-electron chi connectivity index (χ1n) is 30.5. The average molecular weight is 970 g/mol. The van der Waals surface area contributed by atoms with Crippen LogP contribution in [0.25, 0.3) is 0 Å². The summed E-state index contributed by atoms with van der Waals surface area (Å²) in [5.74, 6) is -0.865. The number of esters is 3. The van der Waals surface area contributed by atoms with Crippen molar-refractivity contribution < 1.29 is 28.6 Å². The van der Waals surface area contributed by atoms with Crippen LogP contribution in [-0.4, -0.2) is 37.2 Å². The molecule has 1 unspecified atom stereocenters. The van der Waals surface area contributed by atoms with Crippen LogP contribution < -0.4 is 0 Å². The molecule has 0 aliphatic carbocycles. The lowest BCUT2D eigenvalue weighted by Gasteiger charge is -2.18. The SMILES string of the molecule is CCCCCC/C=C\CCCCCCCC(=O)OCC(COC(=O)CCCCCCCCCCC/C=C\C/C=C\CCCCCCC)OC(=O)CCCCCCCCCCCCCCCCCCC. The Balaban J connectivity index is 4.31. The van der Waals surface area contributed by atoms with Crippen molar-refractivity contribution in [3.63, 3.8) is 0 Å². The van der Waals surface area contributed by atoms with Crippen LogP contribution in [-0.2, 0) is 28.6 Å². The van der Waals surface area contributed by atoms with Gasteiger partial charge in [-0.2, -0.15) is 0 Å². The number of rotatable bonds is 56. The van der Waals surface area contributed by atoms with Gasteiger partial charge in [0.25, 0.3) is 0 Å².